The molecule has 0 aromatic rings. The zero-order valence-electron chi connectivity index (χ0n) is 13.9. The highest BCUT2D eigenvalue weighted by Gasteiger charge is 2.18. The first kappa shape index (κ1) is 18.4. The fraction of sp³-hybridized carbons (Fsp3) is 0.938. The smallest absolute Gasteiger partial charge is 0.248 e. The summed E-state index contributed by atoms with van der Waals surface area (Å²) in [6.07, 6.45) is 6.23. The topological polar surface area (TPSA) is 50.8 Å². The molecular weight excluding hydrogens is 268 g/mol. The van der Waals surface area contributed by atoms with E-state index >= 15 is 0 Å². The monoisotopic (exact) mass is 300 g/mol. The molecule has 1 rings (SSSR count). The molecule has 1 aliphatic carbocycles. The van der Waals surface area contributed by atoms with Crippen LogP contribution in [0.1, 0.15) is 46.0 Å². The molecule has 124 valence electrons. The Bertz CT molecular complexity index is 281. The van der Waals surface area contributed by atoms with Crippen molar-refractivity contribution in [3.63, 3.8) is 0 Å². The van der Waals surface area contributed by atoms with E-state index in [2.05, 4.69) is 17.3 Å². The summed E-state index contributed by atoms with van der Waals surface area (Å²) in [4.78, 5) is 14.2. The molecule has 1 atom stereocenters. The predicted molar refractivity (Wildman–Crippen MR) is 84.4 cm³/mol. The van der Waals surface area contributed by atoms with Gasteiger partial charge in [-0.05, 0) is 33.7 Å². The molecule has 0 saturated heterocycles. The Morgan fingerprint density at radius 3 is 2.67 bits per heavy atom. The van der Waals surface area contributed by atoms with Gasteiger partial charge in [-0.15, -0.1) is 0 Å². The van der Waals surface area contributed by atoms with Gasteiger partial charge >= 0.3 is 0 Å². The summed E-state index contributed by atoms with van der Waals surface area (Å²) >= 11 is 0. The third-order valence-corrected chi connectivity index (χ3v) is 4.13. The van der Waals surface area contributed by atoms with Gasteiger partial charge in [-0.1, -0.05) is 19.3 Å². The average molecular weight is 300 g/mol. The summed E-state index contributed by atoms with van der Waals surface area (Å²) in [7, 11) is 2.16. The van der Waals surface area contributed by atoms with Crippen molar-refractivity contribution < 1.29 is 14.3 Å². The molecule has 5 heteroatoms. The Labute approximate surface area is 129 Å². The molecule has 1 amide bonds. The SMILES string of the molecule is CCOCCOC(C)C(=O)NCCN(C)C1CCCCC1. The maximum absolute atomic E-state index is 11.9. The number of nitrogens with one attached hydrogen (secondary N) is 1. The summed E-state index contributed by atoms with van der Waals surface area (Å²) in [6, 6.07) is 0.690. The van der Waals surface area contributed by atoms with Gasteiger partial charge in [-0.2, -0.15) is 0 Å². The highest BCUT2D eigenvalue weighted by Crippen LogP contribution is 2.21. The van der Waals surface area contributed by atoms with Gasteiger partial charge in [-0.3, -0.25) is 4.79 Å². The number of hydrogen-bond donors (Lipinski definition) is 1. The van der Waals surface area contributed by atoms with E-state index in [0.29, 0.717) is 32.4 Å². The van der Waals surface area contributed by atoms with Crippen LogP contribution in [-0.4, -0.2) is 62.9 Å². The molecule has 1 N–H and O–H groups in total. The Kier molecular flexibility index (Phi) is 9.63. The van der Waals surface area contributed by atoms with Crippen LogP contribution in [0.2, 0.25) is 0 Å². The third-order valence-electron chi connectivity index (χ3n) is 4.13. The summed E-state index contributed by atoms with van der Waals surface area (Å²) < 4.78 is 10.6. The van der Waals surface area contributed by atoms with Crippen LogP contribution in [-0.2, 0) is 14.3 Å². The molecule has 0 spiro atoms. The Balaban J connectivity index is 2.08. The second-order valence-electron chi connectivity index (χ2n) is 5.77. The van der Waals surface area contributed by atoms with E-state index in [1.165, 1.54) is 32.1 Å². The van der Waals surface area contributed by atoms with Gasteiger partial charge in [-0.25, -0.2) is 0 Å². The molecule has 0 bridgehead atoms. The standard InChI is InChI=1S/C16H32N2O3/c1-4-20-12-13-21-14(2)16(19)17-10-11-18(3)15-8-6-5-7-9-15/h14-15H,4-13H2,1-3H3,(H,17,19). The first-order valence-electron chi connectivity index (χ1n) is 8.32. The second kappa shape index (κ2) is 11.0. The minimum atomic E-state index is -0.412. The Morgan fingerprint density at radius 1 is 1.29 bits per heavy atom. The first-order chi connectivity index (χ1) is 10.1. The summed E-state index contributed by atoms with van der Waals surface area (Å²) in [5.41, 5.74) is 0. The lowest BCUT2D eigenvalue weighted by atomic mass is 9.94. The minimum absolute atomic E-state index is 0.0384. The first-order valence-corrected chi connectivity index (χ1v) is 8.32. The van der Waals surface area contributed by atoms with E-state index in [-0.39, 0.29) is 5.91 Å². The van der Waals surface area contributed by atoms with Crippen LogP contribution >= 0.6 is 0 Å². The van der Waals surface area contributed by atoms with Crippen LogP contribution in [0, 0.1) is 0 Å². The van der Waals surface area contributed by atoms with Crippen LogP contribution in [0.15, 0.2) is 0 Å². The predicted octanol–water partition coefficient (Wildman–Crippen LogP) is 1.81. The zero-order valence-corrected chi connectivity index (χ0v) is 13.9. The molecule has 0 heterocycles. The molecular formula is C16H32N2O3. The number of likely N-dealkylation sites (N-methyl/N-ethyl adjacent to an activating group) is 1. The average Bonchev–Trinajstić information content (AvgIpc) is 2.52. The second-order valence-corrected chi connectivity index (χ2v) is 5.77. The van der Waals surface area contributed by atoms with Crippen LogP contribution < -0.4 is 5.32 Å². The lowest BCUT2D eigenvalue weighted by Crippen LogP contribution is -2.42. The van der Waals surface area contributed by atoms with E-state index in [9.17, 15) is 4.79 Å². The molecule has 1 saturated carbocycles. The fourth-order valence-corrected chi connectivity index (χ4v) is 2.71. The fourth-order valence-electron chi connectivity index (χ4n) is 2.71. The Morgan fingerprint density at radius 2 is 2.00 bits per heavy atom. The van der Waals surface area contributed by atoms with Crippen molar-refractivity contribution in [2.24, 2.45) is 0 Å². The molecule has 21 heavy (non-hydrogen) atoms. The van der Waals surface area contributed by atoms with Crippen LogP contribution in [0.25, 0.3) is 0 Å². The quantitative estimate of drug-likeness (QED) is 0.625. The number of ether oxygens (including phenoxy) is 2. The number of carbonyl (C=O) groups excluding carboxylic acids is 1. The molecule has 1 aliphatic rings. The van der Waals surface area contributed by atoms with Gasteiger partial charge < -0.3 is 19.7 Å². The molecule has 0 radical (unpaired) electrons. The third kappa shape index (κ3) is 7.79. The largest absolute Gasteiger partial charge is 0.379 e. The lowest BCUT2D eigenvalue weighted by Gasteiger charge is -2.31. The van der Waals surface area contributed by atoms with E-state index in [4.69, 9.17) is 9.47 Å². The summed E-state index contributed by atoms with van der Waals surface area (Å²) in [6.45, 7) is 7.00. The zero-order chi connectivity index (χ0) is 15.5. The van der Waals surface area contributed by atoms with Crippen LogP contribution in [0.4, 0.5) is 0 Å². The van der Waals surface area contributed by atoms with E-state index in [1.807, 2.05) is 6.92 Å². The van der Waals surface area contributed by atoms with Crippen molar-refractivity contribution in [3.8, 4) is 0 Å². The lowest BCUT2D eigenvalue weighted by molar-refractivity contribution is -0.132. The molecule has 5 nitrogen and oxygen atoms in total. The molecule has 0 aromatic heterocycles. The van der Waals surface area contributed by atoms with Crippen molar-refractivity contribution in [3.05, 3.63) is 0 Å². The van der Waals surface area contributed by atoms with E-state index in [0.717, 1.165) is 6.54 Å². The van der Waals surface area contributed by atoms with Crippen molar-refractivity contribution in [2.75, 3.05) is 40.0 Å². The maximum atomic E-state index is 11.9. The Hall–Kier alpha value is -0.650. The van der Waals surface area contributed by atoms with Gasteiger partial charge in [0.15, 0.2) is 0 Å². The number of amides is 1. The van der Waals surface area contributed by atoms with Crippen molar-refractivity contribution in [2.45, 2.75) is 58.1 Å². The molecule has 1 unspecified atom stereocenters. The van der Waals surface area contributed by atoms with Gasteiger partial charge in [0.25, 0.3) is 0 Å². The van der Waals surface area contributed by atoms with Gasteiger partial charge in [0.2, 0.25) is 5.91 Å². The number of carbonyl (C=O) groups is 1. The van der Waals surface area contributed by atoms with Crippen LogP contribution in [0.3, 0.4) is 0 Å². The highest BCUT2D eigenvalue weighted by molar-refractivity contribution is 5.80. The molecule has 1 fully saturated rings. The van der Waals surface area contributed by atoms with Gasteiger partial charge in [0.05, 0.1) is 13.2 Å². The number of rotatable bonds is 10. The van der Waals surface area contributed by atoms with Gasteiger partial charge in [0, 0.05) is 25.7 Å². The minimum Gasteiger partial charge on any atom is -0.379 e. The van der Waals surface area contributed by atoms with Crippen molar-refractivity contribution in [1.29, 1.82) is 0 Å². The summed E-state index contributed by atoms with van der Waals surface area (Å²) in [5.74, 6) is -0.0384. The van der Waals surface area contributed by atoms with Crippen molar-refractivity contribution in [1.82, 2.24) is 10.2 Å². The summed E-state index contributed by atoms with van der Waals surface area (Å²) in [5, 5.41) is 2.95. The maximum Gasteiger partial charge on any atom is 0.248 e. The number of hydrogen-bond acceptors (Lipinski definition) is 4. The normalized spacial score (nSPS) is 17.9. The number of nitrogens with zero attached hydrogens (tertiary/aromatic N) is 1. The molecule has 0 aromatic carbocycles. The molecule has 0 aliphatic heterocycles. The van der Waals surface area contributed by atoms with Crippen LogP contribution in [0.5, 0.6) is 0 Å². The van der Waals surface area contributed by atoms with E-state index in [1.54, 1.807) is 6.92 Å². The van der Waals surface area contributed by atoms with Crippen molar-refractivity contribution >= 4 is 5.91 Å². The highest BCUT2D eigenvalue weighted by atomic mass is 16.5. The van der Waals surface area contributed by atoms with Gasteiger partial charge in [0.1, 0.15) is 6.10 Å². The van der Waals surface area contributed by atoms with E-state index < -0.39 is 6.10 Å².